The van der Waals surface area contributed by atoms with Gasteiger partial charge in [-0.1, -0.05) is 32.1 Å². The first kappa shape index (κ1) is 17.3. The number of aromatic nitrogens is 3. The molecule has 0 fully saturated rings. The van der Waals surface area contributed by atoms with Gasteiger partial charge in [-0.25, -0.2) is 5.10 Å². The van der Waals surface area contributed by atoms with Gasteiger partial charge in [0.05, 0.1) is 17.0 Å². The Labute approximate surface area is 157 Å². The number of aromatic amines is 2. The second-order valence-electron chi connectivity index (χ2n) is 7.04. The van der Waals surface area contributed by atoms with E-state index in [1.807, 2.05) is 30.5 Å². The highest BCUT2D eigenvalue weighted by molar-refractivity contribution is 5.86. The van der Waals surface area contributed by atoms with Gasteiger partial charge in [0.2, 0.25) is 0 Å². The number of H-pyrrole nitrogens is 2. The summed E-state index contributed by atoms with van der Waals surface area (Å²) in [5.74, 6) is 0. The predicted molar refractivity (Wildman–Crippen MR) is 109 cm³/mol. The number of nitrogens with zero attached hydrogens (tertiary/aromatic N) is 1. The molecule has 0 saturated carbocycles. The molecule has 0 aliphatic carbocycles. The SMILES string of the molecule is CC(C)NCc1ccc2cc(-c3cc(C4=CCNC=C4)n[nH]c3=O)[nH]c2c1. The van der Waals surface area contributed by atoms with Crippen LogP contribution in [0.1, 0.15) is 25.1 Å². The Hall–Kier alpha value is -3.12. The average Bonchev–Trinajstić information content (AvgIpc) is 3.10. The highest BCUT2D eigenvalue weighted by Crippen LogP contribution is 2.24. The van der Waals surface area contributed by atoms with Gasteiger partial charge in [0.15, 0.2) is 0 Å². The molecule has 0 unspecified atom stereocenters. The zero-order chi connectivity index (χ0) is 18.8. The fourth-order valence-corrected chi connectivity index (χ4v) is 3.15. The van der Waals surface area contributed by atoms with Crippen molar-refractivity contribution in [1.82, 2.24) is 25.8 Å². The molecule has 3 heterocycles. The third-order valence-electron chi connectivity index (χ3n) is 4.61. The zero-order valence-electron chi connectivity index (χ0n) is 15.5. The van der Waals surface area contributed by atoms with E-state index in [2.05, 4.69) is 57.9 Å². The minimum Gasteiger partial charge on any atom is -0.387 e. The van der Waals surface area contributed by atoms with Crippen LogP contribution >= 0.6 is 0 Å². The molecule has 3 aromatic rings. The van der Waals surface area contributed by atoms with E-state index in [0.29, 0.717) is 11.6 Å². The molecule has 4 rings (SSSR count). The monoisotopic (exact) mass is 361 g/mol. The molecular formula is C21H23N5O. The van der Waals surface area contributed by atoms with E-state index >= 15 is 0 Å². The third-order valence-corrected chi connectivity index (χ3v) is 4.61. The summed E-state index contributed by atoms with van der Waals surface area (Å²) in [4.78, 5) is 15.8. The van der Waals surface area contributed by atoms with Crippen LogP contribution in [0.3, 0.4) is 0 Å². The molecule has 2 aromatic heterocycles. The highest BCUT2D eigenvalue weighted by Gasteiger charge is 2.12. The summed E-state index contributed by atoms with van der Waals surface area (Å²) in [6.07, 6.45) is 5.88. The molecule has 0 amide bonds. The Morgan fingerprint density at radius 3 is 2.89 bits per heavy atom. The Morgan fingerprint density at radius 1 is 1.22 bits per heavy atom. The summed E-state index contributed by atoms with van der Waals surface area (Å²) in [6, 6.07) is 10.6. The summed E-state index contributed by atoms with van der Waals surface area (Å²) >= 11 is 0. The van der Waals surface area contributed by atoms with Crippen molar-refractivity contribution in [3.63, 3.8) is 0 Å². The topological polar surface area (TPSA) is 85.6 Å². The summed E-state index contributed by atoms with van der Waals surface area (Å²) < 4.78 is 0. The van der Waals surface area contributed by atoms with E-state index in [1.165, 1.54) is 5.56 Å². The van der Waals surface area contributed by atoms with Gasteiger partial charge in [0.1, 0.15) is 0 Å². The minimum atomic E-state index is -0.203. The standard InChI is InChI=1S/C21H23N5O/c1-13(2)23-12-14-3-4-16-10-20(24-18(16)9-14)17-11-19(25-26-21(17)27)15-5-7-22-8-6-15/h3-7,9-11,13,22-24H,8,12H2,1-2H3,(H,26,27). The molecule has 27 heavy (non-hydrogen) atoms. The molecule has 6 nitrogen and oxygen atoms in total. The molecule has 4 N–H and O–H groups in total. The summed E-state index contributed by atoms with van der Waals surface area (Å²) in [6.45, 7) is 5.83. The van der Waals surface area contributed by atoms with Crippen LogP contribution in [0.5, 0.6) is 0 Å². The van der Waals surface area contributed by atoms with Crippen LogP contribution in [0, 0.1) is 0 Å². The molecule has 1 aliphatic rings. The van der Waals surface area contributed by atoms with E-state index < -0.39 is 0 Å². The number of nitrogens with one attached hydrogen (secondary N) is 4. The highest BCUT2D eigenvalue weighted by atomic mass is 16.1. The predicted octanol–water partition coefficient (Wildman–Crippen LogP) is 2.92. The molecule has 0 spiro atoms. The Balaban J connectivity index is 1.70. The third kappa shape index (κ3) is 3.71. The van der Waals surface area contributed by atoms with Crippen molar-refractivity contribution in [2.75, 3.05) is 6.54 Å². The number of benzene rings is 1. The van der Waals surface area contributed by atoms with Gasteiger partial charge in [-0.2, -0.15) is 5.10 Å². The normalized spacial score (nSPS) is 13.8. The van der Waals surface area contributed by atoms with Gasteiger partial charge in [-0.15, -0.1) is 0 Å². The number of dihydropyridines is 1. The molecule has 1 aliphatic heterocycles. The van der Waals surface area contributed by atoms with Crippen molar-refractivity contribution in [3.8, 4) is 11.3 Å². The second kappa shape index (κ2) is 7.25. The number of allylic oxidation sites excluding steroid dienone is 2. The van der Waals surface area contributed by atoms with Crippen LogP contribution < -0.4 is 16.2 Å². The maximum atomic E-state index is 12.4. The molecule has 0 bridgehead atoms. The van der Waals surface area contributed by atoms with Crippen LogP contribution in [-0.4, -0.2) is 27.8 Å². The van der Waals surface area contributed by atoms with Gasteiger partial charge in [0, 0.05) is 35.6 Å². The van der Waals surface area contributed by atoms with Gasteiger partial charge < -0.3 is 15.6 Å². The fraction of sp³-hybridized carbons (Fsp3) is 0.238. The lowest BCUT2D eigenvalue weighted by atomic mass is 10.1. The lowest BCUT2D eigenvalue weighted by Gasteiger charge is -2.08. The summed E-state index contributed by atoms with van der Waals surface area (Å²) in [5, 5.41) is 14.4. The molecular weight excluding hydrogens is 338 g/mol. The molecule has 0 radical (unpaired) electrons. The lowest BCUT2D eigenvalue weighted by molar-refractivity contribution is 0.589. The molecule has 1 aromatic carbocycles. The average molecular weight is 361 g/mol. The minimum absolute atomic E-state index is 0.203. The van der Waals surface area contributed by atoms with Crippen molar-refractivity contribution < 1.29 is 0 Å². The fourth-order valence-electron chi connectivity index (χ4n) is 3.15. The first-order valence-corrected chi connectivity index (χ1v) is 9.16. The maximum absolute atomic E-state index is 12.4. The Bertz CT molecular complexity index is 1090. The van der Waals surface area contributed by atoms with Gasteiger partial charge in [0.25, 0.3) is 5.56 Å². The number of hydrogen-bond donors (Lipinski definition) is 4. The second-order valence-corrected chi connectivity index (χ2v) is 7.04. The van der Waals surface area contributed by atoms with Crippen LogP contribution in [-0.2, 0) is 6.54 Å². The quantitative estimate of drug-likeness (QED) is 0.563. The summed E-state index contributed by atoms with van der Waals surface area (Å²) in [7, 11) is 0. The van der Waals surface area contributed by atoms with E-state index in [-0.39, 0.29) is 5.56 Å². The van der Waals surface area contributed by atoms with Crippen LogP contribution in [0.15, 0.2) is 53.5 Å². The van der Waals surface area contributed by atoms with Gasteiger partial charge in [-0.05, 0) is 36.0 Å². The smallest absolute Gasteiger partial charge is 0.273 e. The van der Waals surface area contributed by atoms with Crippen molar-refractivity contribution in [2.24, 2.45) is 0 Å². The van der Waals surface area contributed by atoms with Crippen molar-refractivity contribution in [2.45, 2.75) is 26.4 Å². The van der Waals surface area contributed by atoms with Crippen molar-refractivity contribution in [3.05, 3.63) is 70.3 Å². The van der Waals surface area contributed by atoms with Crippen LogP contribution in [0.2, 0.25) is 0 Å². The largest absolute Gasteiger partial charge is 0.387 e. The first-order chi connectivity index (χ1) is 13.1. The van der Waals surface area contributed by atoms with Gasteiger partial charge in [-0.3, -0.25) is 4.79 Å². The van der Waals surface area contributed by atoms with Crippen LogP contribution in [0.25, 0.3) is 27.7 Å². The number of fused-ring (bicyclic) bond motifs is 1. The van der Waals surface area contributed by atoms with E-state index in [4.69, 9.17) is 0 Å². The first-order valence-electron chi connectivity index (χ1n) is 9.16. The number of hydrogen-bond acceptors (Lipinski definition) is 4. The van der Waals surface area contributed by atoms with E-state index in [9.17, 15) is 4.79 Å². The van der Waals surface area contributed by atoms with Crippen LogP contribution in [0.4, 0.5) is 0 Å². The Morgan fingerprint density at radius 2 is 2.11 bits per heavy atom. The van der Waals surface area contributed by atoms with Crippen molar-refractivity contribution >= 4 is 16.5 Å². The molecule has 0 saturated heterocycles. The van der Waals surface area contributed by atoms with E-state index in [0.717, 1.165) is 41.0 Å². The maximum Gasteiger partial charge on any atom is 0.273 e. The van der Waals surface area contributed by atoms with E-state index in [1.54, 1.807) is 0 Å². The van der Waals surface area contributed by atoms with Gasteiger partial charge >= 0.3 is 0 Å². The molecule has 138 valence electrons. The Kier molecular flexibility index (Phi) is 4.64. The number of rotatable bonds is 5. The molecule has 0 atom stereocenters. The zero-order valence-corrected chi connectivity index (χ0v) is 15.5. The van der Waals surface area contributed by atoms with Crippen molar-refractivity contribution in [1.29, 1.82) is 0 Å². The summed E-state index contributed by atoms with van der Waals surface area (Å²) in [5.41, 5.74) is 5.15. The lowest BCUT2D eigenvalue weighted by Crippen LogP contribution is -2.21. The molecule has 6 heteroatoms.